The summed E-state index contributed by atoms with van der Waals surface area (Å²) < 4.78 is 5.34. The van der Waals surface area contributed by atoms with Gasteiger partial charge in [-0.15, -0.1) is 0 Å². The monoisotopic (exact) mass is 310 g/mol. The average molecular weight is 310 g/mol. The number of aliphatic carboxylic acids is 1. The van der Waals surface area contributed by atoms with E-state index in [1.165, 1.54) is 0 Å². The predicted molar refractivity (Wildman–Crippen MR) is 80.5 cm³/mol. The molecule has 1 N–H and O–H groups in total. The summed E-state index contributed by atoms with van der Waals surface area (Å²) in [5.74, 6) is -0.490. The molecule has 3 fully saturated rings. The van der Waals surface area contributed by atoms with Crippen molar-refractivity contribution in [2.24, 2.45) is 5.92 Å². The number of carbonyl (C=O) groups excluding carboxylic acids is 1. The summed E-state index contributed by atoms with van der Waals surface area (Å²) >= 11 is 0. The van der Waals surface area contributed by atoms with Crippen molar-refractivity contribution in [3.05, 3.63) is 0 Å². The lowest BCUT2D eigenvalue weighted by molar-refractivity contribution is -0.153. The number of ether oxygens (including phenoxy) is 1. The molecule has 124 valence electrons. The van der Waals surface area contributed by atoms with E-state index in [1.807, 2.05) is 6.92 Å². The summed E-state index contributed by atoms with van der Waals surface area (Å²) in [4.78, 5) is 28.5. The van der Waals surface area contributed by atoms with Crippen molar-refractivity contribution >= 4 is 11.9 Å². The molecule has 0 aromatic rings. The minimum Gasteiger partial charge on any atom is -0.480 e. The van der Waals surface area contributed by atoms with Gasteiger partial charge in [0.1, 0.15) is 6.04 Å². The van der Waals surface area contributed by atoms with Crippen LogP contribution in [0.1, 0.15) is 39.0 Å². The molecule has 3 rings (SSSR count). The smallest absolute Gasteiger partial charge is 0.326 e. The molecule has 1 aliphatic carbocycles. The molecule has 6 nitrogen and oxygen atoms in total. The van der Waals surface area contributed by atoms with Gasteiger partial charge in [-0.25, -0.2) is 4.79 Å². The SMILES string of the molecule is CC(C(=O)N1C(C(=O)O)CC2CCCCC21)N1CCOCC1. The third-order valence-corrected chi connectivity index (χ3v) is 5.58. The first-order valence-electron chi connectivity index (χ1n) is 8.46. The van der Waals surface area contributed by atoms with Gasteiger partial charge in [0.25, 0.3) is 0 Å². The highest BCUT2D eigenvalue weighted by molar-refractivity contribution is 5.87. The van der Waals surface area contributed by atoms with Gasteiger partial charge >= 0.3 is 5.97 Å². The number of likely N-dealkylation sites (tertiary alicyclic amines) is 1. The fraction of sp³-hybridized carbons (Fsp3) is 0.875. The lowest BCUT2D eigenvalue weighted by Gasteiger charge is -2.38. The van der Waals surface area contributed by atoms with Gasteiger partial charge in [0, 0.05) is 19.1 Å². The van der Waals surface area contributed by atoms with Gasteiger partial charge < -0.3 is 14.7 Å². The quantitative estimate of drug-likeness (QED) is 0.840. The van der Waals surface area contributed by atoms with Crippen LogP contribution in [-0.2, 0) is 14.3 Å². The number of carboxylic acids is 1. The Labute approximate surface area is 131 Å². The number of hydrogen-bond acceptors (Lipinski definition) is 4. The van der Waals surface area contributed by atoms with Crippen LogP contribution in [0.4, 0.5) is 0 Å². The first-order valence-corrected chi connectivity index (χ1v) is 8.46. The van der Waals surface area contributed by atoms with Gasteiger partial charge in [-0.1, -0.05) is 12.8 Å². The van der Waals surface area contributed by atoms with Gasteiger partial charge in [-0.05, 0) is 32.1 Å². The van der Waals surface area contributed by atoms with E-state index in [4.69, 9.17) is 4.74 Å². The van der Waals surface area contributed by atoms with Crippen LogP contribution in [0.15, 0.2) is 0 Å². The molecule has 2 aliphatic heterocycles. The summed E-state index contributed by atoms with van der Waals surface area (Å²) in [6, 6.07) is -0.763. The highest BCUT2D eigenvalue weighted by Crippen LogP contribution is 2.40. The summed E-state index contributed by atoms with van der Waals surface area (Å²) in [7, 11) is 0. The first kappa shape index (κ1) is 15.7. The fourth-order valence-electron chi connectivity index (χ4n) is 4.33. The fourth-order valence-corrected chi connectivity index (χ4v) is 4.33. The van der Waals surface area contributed by atoms with Gasteiger partial charge in [-0.2, -0.15) is 0 Å². The van der Waals surface area contributed by atoms with Gasteiger partial charge in [-0.3, -0.25) is 9.69 Å². The third kappa shape index (κ3) is 2.86. The van der Waals surface area contributed by atoms with Crippen LogP contribution in [0.2, 0.25) is 0 Å². The highest BCUT2D eigenvalue weighted by Gasteiger charge is 2.48. The van der Waals surface area contributed by atoms with E-state index < -0.39 is 12.0 Å². The Hall–Kier alpha value is -1.14. The Morgan fingerprint density at radius 2 is 1.86 bits per heavy atom. The number of nitrogens with zero attached hydrogens (tertiary/aromatic N) is 2. The normalized spacial score (nSPS) is 34.2. The molecule has 2 heterocycles. The van der Waals surface area contributed by atoms with Crippen molar-refractivity contribution in [3.63, 3.8) is 0 Å². The summed E-state index contributed by atoms with van der Waals surface area (Å²) in [6.45, 7) is 4.68. The molecule has 2 saturated heterocycles. The van der Waals surface area contributed by atoms with E-state index in [0.29, 0.717) is 25.6 Å². The molecule has 1 amide bonds. The number of fused-ring (bicyclic) bond motifs is 1. The highest BCUT2D eigenvalue weighted by atomic mass is 16.5. The van der Waals surface area contributed by atoms with E-state index in [1.54, 1.807) is 4.90 Å². The minimum absolute atomic E-state index is 0.0105. The Bertz CT molecular complexity index is 436. The van der Waals surface area contributed by atoms with Gasteiger partial charge in [0.05, 0.1) is 19.3 Å². The van der Waals surface area contributed by atoms with Crippen molar-refractivity contribution in [3.8, 4) is 0 Å². The van der Waals surface area contributed by atoms with Crippen LogP contribution in [-0.4, -0.2) is 71.2 Å². The molecule has 4 unspecified atom stereocenters. The Morgan fingerprint density at radius 3 is 2.55 bits per heavy atom. The van der Waals surface area contributed by atoms with Gasteiger partial charge in [0.15, 0.2) is 0 Å². The molecule has 0 spiro atoms. The Kier molecular flexibility index (Phi) is 4.68. The molecule has 0 bridgehead atoms. The van der Waals surface area contributed by atoms with E-state index in [9.17, 15) is 14.7 Å². The van der Waals surface area contributed by atoms with Crippen molar-refractivity contribution in [1.29, 1.82) is 0 Å². The van der Waals surface area contributed by atoms with E-state index in [2.05, 4.69) is 4.90 Å². The second-order valence-electron chi connectivity index (χ2n) is 6.77. The van der Waals surface area contributed by atoms with Crippen molar-refractivity contribution in [2.45, 2.75) is 57.2 Å². The van der Waals surface area contributed by atoms with Crippen LogP contribution in [0.25, 0.3) is 0 Å². The van der Waals surface area contributed by atoms with E-state index in [-0.39, 0.29) is 18.0 Å². The van der Waals surface area contributed by atoms with E-state index in [0.717, 1.165) is 38.8 Å². The lowest BCUT2D eigenvalue weighted by atomic mass is 9.84. The molecule has 0 aromatic heterocycles. The number of hydrogen-bond donors (Lipinski definition) is 1. The zero-order valence-corrected chi connectivity index (χ0v) is 13.2. The Morgan fingerprint density at radius 1 is 1.18 bits per heavy atom. The second kappa shape index (κ2) is 6.54. The van der Waals surface area contributed by atoms with Crippen molar-refractivity contribution < 1.29 is 19.4 Å². The average Bonchev–Trinajstić information content (AvgIpc) is 2.94. The maximum Gasteiger partial charge on any atom is 0.326 e. The minimum atomic E-state index is -0.850. The number of carbonyl (C=O) groups is 2. The predicted octanol–water partition coefficient (Wildman–Crippen LogP) is 0.951. The second-order valence-corrected chi connectivity index (χ2v) is 6.77. The maximum atomic E-state index is 13.0. The summed E-state index contributed by atoms with van der Waals surface area (Å²) in [5.41, 5.74) is 0. The van der Waals surface area contributed by atoms with Crippen LogP contribution >= 0.6 is 0 Å². The first-order chi connectivity index (χ1) is 10.6. The summed E-state index contributed by atoms with van der Waals surface area (Å²) in [6.07, 6.45) is 4.90. The number of carboxylic acid groups (broad SMARTS) is 1. The van der Waals surface area contributed by atoms with Gasteiger partial charge in [0.2, 0.25) is 5.91 Å². The van der Waals surface area contributed by atoms with Crippen molar-refractivity contribution in [2.75, 3.05) is 26.3 Å². The summed E-state index contributed by atoms with van der Waals surface area (Å²) in [5, 5.41) is 9.54. The molecule has 4 atom stereocenters. The number of rotatable bonds is 3. The topological polar surface area (TPSA) is 70.1 Å². The molecule has 0 radical (unpaired) electrons. The molecule has 22 heavy (non-hydrogen) atoms. The Balaban J connectivity index is 1.76. The van der Waals surface area contributed by atoms with Crippen molar-refractivity contribution in [1.82, 2.24) is 9.80 Å². The van der Waals surface area contributed by atoms with Crippen LogP contribution in [0.5, 0.6) is 0 Å². The van der Waals surface area contributed by atoms with Crippen LogP contribution in [0, 0.1) is 5.92 Å². The third-order valence-electron chi connectivity index (χ3n) is 5.58. The van der Waals surface area contributed by atoms with E-state index >= 15 is 0 Å². The number of morpholine rings is 1. The van der Waals surface area contributed by atoms with Crippen LogP contribution in [0.3, 0.4) is 0 Å². The van der Waals surface area contributed by atoms with Crippen LogP contribution < -0.4 is 0 Å². The largest absolute Gasteiger partial charge is 0.480 e. The zero-order chi connectivity index (χ0) is 15.7. The number of amides is 1. The molecule has 0 aromatic carbocycles. The molecular weight excluding hydrogens is 284 g/mol. The maximum absolute atomic E-state index is 13.0. The molecule has 1 saturated carbocycles. The zero-order valence-electron chi connectivity index (χ0n) is 13.2. The lowest BCUT2D eigenvalue weighted by Crippen LogP contribution is -2.55. The molecule has 6 heteroatoms. The standard InChI is InChI=1S/C16H26N2O4/c1-11(17-6-8-22-9-7-17)15(19)18-13-5-3-2-4-12(13)10-14(18)16(20)21/h11-14H,2-10H2,1H3,(H,20,21). The molecule has 3 aliphatic rings. The molecular formula is C16H26N2O4.